The molecule has 1 saturated heterocycles. The number of carbonyl (C=O) groups is 1. The van der Waals surface area contributed by atoms with Gasteiger partial charge in [-0.2, -0.15) is 0 Å². The molecule has 1 N–H and O–H groups in total. The van der Waals surface area contributed by atoms with Crippen LogP contribution >= 0.6 is 0 Å². The topological polar surface area (TPSA) is 46.5 Å². The third kappa shape index (κ3) is 1.45. The predicted octanol–water partition coefficient (Wildman–Crippen LogP) is 2.50. The summed E-state index contributed by atoms with van der Waals surface area (Å²) in [5.41, 5.74) is 3.10. The second-order valence-corrected chi connectivity index (χ2v) is 5.19. The average molecular weight is 232 g/mol. The number of rotatable bonds is 0. The van der Waals surface area contributed by atoms with Crippen molar-refractivity contribution in [3.05, 3.63) is 28.8 Å². The molecule has 0 unspecified atom stereocenters. The van der Waals surface area contributed by atoms with E-state index in [2.05, 4.69) is 0 Å². The van der Waals surface area contributed by atoms with Gasteiger partial charge >= 0.3 is 5.97 Å². The number of hydrogen-bond donors (Lipinski definition) is 1. The second kappa shape index (κ2) is 3.49. The fourth-order valence-electron chi connectivity index (χ4n) is 3.03. The summed E-state index contributed by atoms with van der Waals surface area (Å²) in [5, 5.41) is 9.79. The van der Waals surface area contributed by atoms with Crippen molar-refractivity contribution in [2.75, 3.05) is 0 Å². The largest absolute Gasteiger partial charge is 0.508 e. The van der Waals surface area contributed by atoms with E-state index in [1.54, 1.807) is 6.07 Å². The number of fused-ring (bicyclic) bond motifs is 3. The molecule has 1 heterocycles. The molecule has 0 bridgehead atoms. The highest BCUT2D eigenvalue weighted by molar-refractivity contribution is 5.75. The summed E-state index contributed by atoms with van der Waals surface area (Å²) in [6, 6.07) is 3.78. The molecule has 3 rings (SSSR count). The normalized spacial score (nSPS) is 30.7. The van der Waals surface area contributed by atoms with Crippen molar-refractivity contribution in [3.8, 4) is 5.75 Å². The standard InChI is InChI=1S/C14H16O3/c1-7-5-9-3-4-10-8(2)14(16)17-13(10)11(9)6-12(7)15/h5-6,8,10,13,15H,3-4H2,1-2H3/t8-,10-,13+/m0/s1. The average Bonchev–Trinajstić information content (AvgIpc) is 2.58. The molecule has 1 aliphatic carbocycles. The van der Waals surface area contributed by atoms with E-state index in [9.17, 15) is 9.90 Å². The zero-order valence-corrected chi connectivity index (χ0v) is 10.1. The van der Waals surface area contributed by atoms with Crippen LogP contribution in [0.2, 0.25) is 0 Å². The van der Waals surface area contributed by atoms with Crippen molar-refractivity contribution in [1.82, 2.24) is 0 Å². The first kappa shape index (κ1) is 10.6. The first-order chi connectivity index (χ1) is 8.08. The Morgan fingerprint density at radius 1 is 1.41 bits per heavy atom. The zero-order chi connectivity index (χ0) is 12.2. The molecule has 3 heteroatoms. The van der Waals surface area contributed by atoms with Gasteiger partial charge in [-0.3, -0.25) is 4.79 Å². The molecule has 17 heavy (non-hydrogen) atoms. The summed E-state index contributed by atoms with van der Waals surface area (Å²) in [6.45, 7) is 3.83. The van der Waals surface area contributed by atoms with Gasteiger partial charge in [-0.15, -0.1) is 0 Å². The third-order valence-electron chi connectivity index (χ3n) is 4.16. The third-order valence-corrected chi connectivity index (χ3v) is 4.16. The maximum absolute atomic E-state index is 11.6. The Hall–Kier alpha value is -1.51. The quantitative estimate of drug-likeness (QED) is 0.699. The number of hydrogen-bond acceptors (Lipinski definition) is 3. The zero-order valence-electron chi connectivity index (χ0n) is 10.1. The molecule has 2 aliphatic rings. The van der Waals surface area contributed by atoms with E-state index in [1.165, 1.54) is 5.56 Å². The van der Waals surface area contributed by atoms with E-state index in [-0.39, 0.29) is 23.9 Å². The lowest BCUT2D eigenvalue weighted by Crippen LogP contribution is -2.20. The summed E-state index contributed by atoms with van der Waals surface area (Å²) < 4.78 is 5.45. The van der Waals surface area contributed by atoms with Gasteiger partial charge in [0, 0.05) is 5.92 Å². The molecule has 0 amide bonds. The number of carbonyl (C=O) groups excluding carboxylic acids is 1. The first-order valence-corrected chi connectivity index (χ1v) is 6.11. The van der Waals surface area contributed by atoms with E-state index < -0.39 is 0 Å². The van der Waals surface area contributed by atoms with Gasteiger partial charge in [-0.05, 0) is 42.5 Å². The highest BCUT2D eigenvalue weighted by atomic mass is 16.6. The Morgan fingerprint density at radius 2 is 2.18 bits per heavy atom. The molecule has 0 saturated carbocycles. The summed E-state index contributed by atoms with van der Waals surface area (Å²) in [6.07, 6.45) is 1.82. The Morgan fingerprint density at radius 3 is 2.94 bits per heavy atom. The van der Waals surface area contributed by atoms with Crippen LogP contribution in [0, 0.1) is 18.8 Å². The van der Waals surface area contributed by atoms with E-state index in [1.807, 2.05) is 19.9 Å². The van der Waals surface area contributed by atoms with Crippen LogP contribution in [0.4, 0.5) is 0 Å². The molecule has 90 valence electrons. The van der Waals surface area contributed by atoms with Crippen LogP contribution in [-0.4, -0.2) is 11.1 Å². The van der Waals surface area contributed by atoms with Crippen molar-refractivity contribution in [3.63, 3.8) is 0 Å². The van der Waals surface area contributed by atoms with Crippen LogP contribution < -0.4 is 0 Å². The molecule has 1 aromatic carbocycles. The number of phenols is 1. The Bertz CT molecular complexity index is 492. The predicted molar refractivity (Wildman–Crippen MR) is 62.7 cm³/mol. The molecule has 1 aliphatic heterocycles. The van der Waals surface area contributed by atoms with Crippen molar-refractivity contribution in [2.24, 2.45) is 11.8 Å². The van der Waals surface area contributed by atoms with Gasteiger partial charge in [0.1, 0.15) is 11.9 Å². The van der Waals surface area contributed by atoms with Gasteiger partial charge in [0.2, 0.25) is 0 Å². The number of benzene rings is 1. The number of aryl methyl sites for hydroxylation is 2. The molecule has 3 nitrogen and oxygen atoms in total. The minimum absolute atomic E-state index is 0.0170. The fourth-order valence-corrected chi connectivity index (χ4v) is 3.03. The number of ether oxygens (including phenoxy) is 1. The first-order valence-electron chi connectivity index (χ1n) is 6.11. The Labute approximate surface area is 100 Å². The van der Waals surface area contributed by atoms with Crippen LogP contribution in [0.5, 0.6) is 5.75 Å². The Balaban J connectivity index is 2.08. The van der Waals surface area contributed by atoms with Gasteiger partial charge in [0.05, 0.1) is 5.92 Å². The minimum Gasteiger partial charge on any atom is -0.508 e. The number of phenolic OH excluding ortho intramolecular Hbond substituents is 1. The second-order valence-electron chi connectivity index (χ2n) is 5.19. The van der Waals surface area contributed by atoms with E-state index in [0.29, 0.717) is 5.75 Å². The van der Waals surface area contributed by atoms with Gasteiger partial charge in [-0.25, -0.2) is 0 Å². The van der Waals surface area contributed by atoms with Crippen molar-refractivity contribution in [1.29, 1.82) is 0 Å². The summed E-state index contributed by atoms with van der Waals surface area (Å²) >= 11 is 0. The molecule has 0 aromatic heterocycles. The van der Waals surface area contributed by atoms with Gasteiger partial charge < -0.3 is 9.84 Å². The molecule has 0 radical (unpaired) electrons. The molecule has 1 aromatic rings. The summed E-state index contributed by atoms with van der Waals surface area (Å²) in [5.74, 6) is 0.446. The van der Waals surface area contributed by atoms with E-state index >= 15 is 0 Å². The van der Waals surface area contributed by atoms with Crippen LogP contribution in [0.1, 0.15) is 36.1 Å². The van der Waals surface area contributed by atoms with Crippen molar-refractivity contribution < 1.29 is 14.6 Å². The van der Waals surface area contributed by atoms with Crippen LogP contribution in [0.3, 0.4) is 0 Å². The van der Waals surface area contributed by atoms with E-state index in [0.717, 1.165) is 24.0 Å². The minimum atomic E-state index is -0.146. The number of esters is 1. The molecule has 0 spiro atoms. The number of aromatic hydroxyl groups is 1. The van der Waals surface area contributed by atoms with Crippen molar-refractivity contribution >= 4 is 5.97 Å². The molecular formula is C14H16O3. The lowest BCUT2D eigenvalue weighted by atomic mass is 9.77. The van der Waals surface area contributed by atoms with E-state index in [4.69, 9.17) is 4.74 Å². The lowest BCUT2D eigenvalue weighted by Gasteiger charge is -2.28. The SMILES string of the molecule is Cc1cc2c(cc1O)[C@@H]1OC(=O)[C@@H](C)[C@@H]1CC2. The monoisotopic (exact) mass is 232 g/mol. The smallest absolute Gasteiger partial charge is 0.309 e. The molecule has 1 fully saturated rings. The van der Waals surface area contributed by atoms with Crippen LogP contribution in [0.15, 0.2) is 12.1 Å². The fraction of sp³-hybridized carbons (Fsp3) is 0.500. The summed E-state index contributed by atoms with van der Waals surface area (Å²) in [7, 11) is 0. The van der Waals surface area contributed by atoms with Crippen LogP contribution in [-0.2, 0) is 16.0 Å². The van der Waals surface area contributed by atoms with Gasteiger partial charge in [0.15, 0.2) is 0 Å². The Kier molecular flexibility index (Phi) is 2.18. The lowest BCUT2D eigenvalue weighted by molar-refractivity contribution is -0.144. The van der Waals surface area contributed by atoms with Crippen molar-refractivity contribution in [2.45, 2.75) is 32.8 Å². The maximum atomic E-state index is 11.6. The summed E-state index contributed by atoms with van der Waals surface area (Å²) in [4.78, 5) is 11.6. The molecule has 3 atom stereocenters. The highest BCUT2D eigenvalue weighted by Gasteiger charge is 2.45. The van der Waals surface area contributed by atoms with Crippen LogP contribution in [0.25, 0.3) is 0 Å². The molecular weight excluding hydrogens is 216 g/mol. The highest BCUT2D eigenvalue weighted by Crippen LogP contribution is 2.47. The van der Waals surface area contributed by atoms with Gasteiger partial charge in [-0.1, -0.05) is 13.0 Å². The maximum Gasteiger partial charge on any atom is 0.309 e. The van der Waals surface area contributed by atoms with Gasteiger partial charge in [0.25, 0.3) is 0 Å².